The fraction of sp³-hybridized carbons (Fsp3) is 0.842. The zero-order valence-corrected chi connectivity index (χ0v) is 13.7. The summed E-state index contributed by atoms with van der Waals surface area (Å²) < 4.78 is 0. The predicted octanol–water partition coefficient (Wildman–Crippen LogP) is 7.25. The molecule has 0 aliphatic heterocycles. The summed E-state index contributed by atoms with van der Waals surface area (Å²) in [6.45, 7) is 8.27. The summed E-state index contributed by atoms with van der Waals surface area (Å²) in [7, 11) is 0. The number of hydrogen-bond donors (Lipinski definition) is 0. The van der Waals surface area contributed by atoms with E-state index in [9.17, 15) is 0 Å². The summed E-state index contributed by atoms with van der Waals surface area (Å²) >= 11 is 0. The maximum Gasteiger partial charge on any atom is -0.0348 e. The molecule has 0 heterocycles. The van der Waals surface area contributed by atoms with Crippen molar-refractivity contribution in [1.29, 1.82) is 0 Å². The number of allylic oxidation sites excluding steroid dienone is 2. The molecule has 0 unspecified atom stereocenters. The molecule has 113 valence electrons. The van der Waals surface area contributed by atoms with Gasteiger partial charge in [0.05, 0.1) is 0 Å². The Balaban J connectivity index is 2.97. The van der Waals surface area contributed by atoms with Crippen LogP contribution < -0.4 is 0 Å². The van der Waals surface area contributed by atoms with Crippen LogP contribution in [0.15, 0.2) is 11.6 Å². The van der Waals surface area contributed by atoms with Gasteiger partial charge in [0.15, 0.2) is 0 Å². The lowest BCUT2D eigenvalue weighted by Crippen LogP contribution is -1.82. The molecular weight excluding hydrogens is 228 g/mol. The van der Waals surface area contributed by atoms with Crippen molar-refractivity contribution in [2.45, 2.75) is 104 Å². The normalized spacial score (nSPS) is 10.7. The van der Waals surface area contributed by atoms with E-state index in [4.69, 9.17) is 0 Å². The van der Waals surface area contributed by atoms with Gasteiger partial charge in [0.1, 0.15) is 0 Å². The molecule has 0 bridgehead atoms. The van der Waals surface area contributed by atoms with Gasteiger partial charge in [-0.2, -0.15) is 0 Å². The zero-order chi connectivity index (χ0) is 14.2. The van der Waals surface area contributed by atoms with Crippen LogP contribution in [0.3, 0.4) is 0 Å². The number of hydrogen-bond acceptors (Lipinski definition) is 0. The highest BCUT2D eigenvalue weighted by atomic mass is 14.0. The second kappa shape index (κ2) is 15.8. The van der Waals surface area contributed by atoms with Crippen LogP contribution in [0.1, 0.15) is 104 Å². The molecule has 0 aliphatic carbocycles. The van der Waals surface area contributed by atoms with Crippen molar-refractivity contribution >= 4 is 0 Å². The molecule has 0 fully saturated rings. The van der Waals surface area contributed by atoms with Gasteiger partial charge in [0.2, 0.25) is 0 Å². The molecule has 0 N–H and O–H groups in total. The van der Waals surface area contributed by atoms with Gasteiger partial charge in [-0.25, -0.2) is 0 Å². The van der Waals surface area contributed by atoms with Gasteiger partial charge in [0.25, 0.3) is 0 Å². The molecule has 0 spiro atoms. The van der Waals surface area contributed by atoms with E-state index in [0.29, 0.717) is 0 Å². The first-order valence-electron chi connectivity index (χ1n) is 8.70. The van der Waals surface area contributed by atoms with Gasteiger partial charge in [-0.15, -0.1) is 0 Å². The average Bonchev–Trinajstić information content (AvgIpc) is 2.39. The summed E-state index contributed by atoms with van der Waals surface area (Å²) in [4.78, 5) is 0. The Kier molecular flexibility index (Phi) is 15.6. The highest BCUT2D eigenvalue weighted by molar-refractivity contribution is 4.92. The molecule has 0 amide bonds. The predicted molar refractivity (Wildman–Crippen MR) is 89.4 cm³/mol. The van der Waals surface area contributed by atoms with Crippen molar-refractivity contribution in [1.82, 2.24) is 0 Å². The zero-order valence-electron chi connectivity index (χ0n) is 13.7. The third-order valence-corrected chi connectivity index (χ3v) is 3.76. The molecule has 0 atom stereocenters. The number of unbranched alkanes of at least 4 members (excludes halogenated alkanes) is 13. The Morgan fingerprint density at radius 1 is 0.632 bits per heavy atom. The van der Waals surface area contributed by atoms with Gasteiger partial charge in [-0.3, -0.25) is 0 Å². The van der Waals surface area contributed by atoms with Gasteiger partial charge in [-0.05, 0) is 26.7 Å². The molecule has 0 aromatic heterocycles. The highest BCUT2D eigenvalue weighted by Gasteiger charge is 1.93. The SMILES string of the molecule is [CH2]CCCCCCCCCCCCCCC=C(C)C. The lowest BCUT2D eigenvalue weighted by atomic mass is 10.0. The number of rotatable bonds is 14. The third-order valence-electron chi connectivity index (χ3n) is 3.76. The van der Waals surface area contributed by atoms with Gasteiger partial charge in [-0.1, -0.05) is 95.6 Å². The largest absolute Gasteiger partial charge is 0.0859 e. The third kappa shape index (κ3) is 17.7. The second-order valence-electron chi connectivity index (χ2n) is 6.17. The maximum absolute atomic E-state index is 3.89. The van der Waals surface area contributed by atoms with Crippen LogP contribution in [-0.2, 0) is 0 Å². The fourth-order valence-corrected chi connectivity index (χ4v) is 2.48. The first kappa shape index (κ1) is 18.7. The molecule has 0 heteroatoms. The molecule has 0 aromatic carbocycles. The first-order valence-corrected chi connectivity index (χ1v) is 8.70. The van der Waals surface area contributed by atoms with Crippen molar-refractivity contribution in [3.63, 3.8) is 0 Å². The van der Waals surface area contributed by atoms with Crippen molar-refractivity contribution in [2.75, 3.05) is 0 Å². The van der Waals surface area contributed by atoms with Crippen LogP contribution in [0.2, 0.25) is 0 Å². The molecular formula is C19H37. The van der Waals surface area contributed by atoms with Crippen LogP contribution in [0.4, 0.5) is 0 Å². The molecule has 0 aliphatic rings. The maximum atomic E-state index is 3.89. The van der Waals surface area contributed by atoms with E-state index in [-0.39, 0.29) is 0 Å². The van der Waals surface area contributed by atoms with E-state index in [0.717, 1.165) is 6.42 Å². The van der Waals surface area contributed by atoms with E-state index in [2.05, 4.69) is 26.8 Å². The van der Waals surface area contributed by atoms with E-state index >= 15 is 0 Å². The van der Waals surface area contributed by atoms with Crippen LogP contribution >= 0.6 is 0 Å². The van der Waals surface area contributed by atoms with Gasteiger partial charge < -0.3 is 0 Å². The van der Waals surface area contributed by atoms with Crippen LogP contribution in [-0.4, -0.2) is 0 Å². The smallest absolute Gasteiger partial charge is 0.0348 e. The first-order chi connectivity index (χ1) is 9.27. The molecule has 19 heavy (non-hydrogen) atoms. The fourth-order valence-electron chi connectivity index (χ4n) is 2.48. The second-order valence-corrected chi connectivity index (χ2v) is 6.17. The molecule has 0 rings (SSSR count). The van der Waals surface area contributed by atoms with E-state index in [1.165, 1.54) is 89.0 Å². The minimum atomic E-state index is 1.12. The quantitative estimate of drug-likeness (QED) is 0.229. The minimum Gasteiger partial charge on any atom is -0.0859 e. The van der Waals surface area contributed by atoms with E-state index in [1.807, 2.05) is 0 Å². The van der Waals surface area contributed by atoms with Crippen LogP contribution in [0.5, 0.6) is 0 Å². The molecule has 0 saturated carbocycles. The van der Waals surface area contributed by atoms with Crippen molar-refractivity contribution < 1.29 is 0 Å². The van der Waals surface area contributed by atoms with Crippen LogP contribution in [0, 0.1) is 6.92 Å². The van der Waals surface area contributed by atoms with Crippen molar-refractivity contribution in [3.8, 4) is 0 Å². The Morgan fingerprint density at radius 2 is 1.00 bits per heavy atom. The standard InChI is InChI=1S/C19H37/c1-4-5-6-7-8-9-10-11-12-13-14-15-16-17-18-19(2)3/h18H,1,4-17H2,2-3H3. The molecule has 0 aromatic rings. The monoisotopic (exact) mass is 265 g/mol. The Labute approximate surface area is 123 Å². The molecule has 0 nitrogen and oxygen atoms in total. The average molecular weight is 266 g/mol. The summed E-state index contributed by atoms with van der Waals surface area (Å²) in [6, 6.07) is 0. The van der Waals surface area contributed by atoms with Gasteiger partial charge in [0, 0.05) is 0 Å². The summed E-state index contributed by atoms with van der Waals surface area (Å²) in [5.41, 5.74) is 1.47. The Morgan fingerprint density at radius 3 is 1.37 bits per heavy atom. The highest BCUT2D eigenvalue weighted by Crippen LogP contribution is 2.13. The van der Waals surface area contributed by atoms with E-state index < -0.39 is 0 Å². The van der Waals surface area contributed by atoms with Crippen molar-refractivity contribution in [3.05, 3.63) is 18.6 Å². The Bertz CT molecular complexity index is 186. The lowest BCUT2D eigenvalue weighted by molar-refractivity contribution is 0.542. The Hall–Kier alpha value is -0.260. The summed E-state index contributed by atoms with van der Waals surface area (Å²) in [5.74, 6) is 0. The minimum absolute atomic E-state index is 1.12. The topological polar surface area (TPSA) is 0 Å². The van der Waals surface area contributed by atoms with E-state index in [1.54, 1.807) is 0 Å². The summed E-state index contributed by atoms with van der Waals surface area (Å²) in [5, 5.41) is 0. The van der Waals surface area contributed by atoms with Gasteiger partial charge >= 0.3 is 0 Å². The molecule has 0 saturated heterocycles. The molecule has 1 radical (unpaired) electrons. The summed E-state index contributed by atoms with van der Waals surface area (Å²) in [6.07, 6.45) is 21.9. The van der Waals surface area contributed by atoms with Crippen LogP contribution in [0.25, 0.3) is 0 Å². The lowest BCUT2D eigenvalue weighted by Gasteiger charge is -2.02. The van der Waals surface area contributed by atoms with Crippen molar-refractivity contribution in [2.24, 2.45) is 0 Å².